The summed E-state index contributed by atoms with van der Waals surface area (Å²) in [7, 11) is 0. The Kier molecular flexibility index (Phi) is 10.6. The molecule has 0 saturated heterocycles. The number of rotatable bonds is 8. The van der Waals surface area contributed by atoms with Gasteiger partial charge in [0.05, 0.1) is 0 Å². The zero-order chi connectivity index (χ0) is 23.3. The molecule has 32 heavy (non-hydrogen) atoms. The summed E-state index contributed by atoms with van der Waals surface area (Å²) >= 11 is 0. The maximum Gasteiger partial charge on any atom is 0.258 e. The van der Waals surface area contributed by atoms with Crippen molar-refractivity contribution in [3.63, 3.8) is 0 Å². The van der Waals surface area contributed by atoms with Gasteiger partial charge in [0.25, 0.3) is 11.8 Å². The van der Waals surface area contributed by atoms with Gasteiger partial charge in [0, 0.05) is 14.9 Å². The van der Waals surface area contributed by atoms with Crippen LogP contribution in [0.3, 0.4) is 0 Å². The zero-order valence-electron chi connectivity index (χ0n) is 19.6. The Bertz CT molecular complexity index is 765. The van der Waals surface area contributed by atoms with Gasteiger partial charge in [-0.15, -0.1) is 0 Å². The highest BCUT2D eigenvalue weighted by molar-refractivity contribution is 5.78. The fourth-order valence-corrected chi connectivity index (χ4v) is 3.49. The Morgan fingerprint density at radius 2 is 1.03 bits per heavy atom. The summed E-state index contributed by atoms with van der Waals surface area (Å²) in [5, 5.41) is 6.05. The van der Waals surface area contributed by atoms with Gasteiger partial charge in [-0.1, -0.05) is 49.2 Å². The molecule has 2 amide bonds. The lowest BCUT2D eigenvalue weighted by Gasteiger charge is -2.29. The number of hydrogen-bond donors (Lipinski definition) is 2. The molecule has 2 aromatic carbocycles. The fraction of sp³-hybridized carbons (Fsp3) is 0.462. The summed E-state index contributed by atoms with van der Waals surface area (Å²) in [6.07, 6.45) is 3.33. The zero-order valence-corrected chi connectivity index (χ0v) is 19.6. The van der Waals surface area contributed by atoms with E-state index in [-0.39, 0.29) is 40.0 Å². The van der Waals surface area contributed by atoms with Crippen LogP contribution in [0.1, 0.15) is 53.5 Å². The summed E-state index contributed by atoms with van der Waals surface area (Å²) in [5.74, 6) is 1.15. The number of nitrogens with one attached hydrogen (secondary N) is 2. The van der Waals surface area contributed by atoms with E-state index in [0.29, 0.717) is 11.5 Å². The lowest BCUT2D eigenvalue weighted by molar-refractivity contribution is -0.125. The quantitative estimate of drug-likeness (QED) is 0.612. The van der Waals surface area contributed by atoms with E-state index < -0.39 is 0 Å². The second-order valence-corrected chi connectivity index (χ2v) is 7.89. The standard InChI is InChI=1S/C24H30N2O4.C2H6.2H2/c1-17-3-11-21(12-4-17)29-15-23(27)25-19-7-9-20(10-8-19)26-24(28)16-30-22-13-5-18(2)6-14-22;1-2;;/h3-6,11-14,19-20H,7-10,15-16H2,1-2H3,(H,25,27)(H,26,28);1-2H3;2*1H. The van der Waals surface area contributed by atoms with Crippen molar-refractivity contribution in [1.29, 1.82) is 0 Å². The van der Waals surface area contributed by atoms with Crippen molar-refractivity contribution in [1.82, 2.24) is 10.6 Å². The third-order valence-corrected chi connectivity index (χ3v) is 5.24. The van der Waals surface area contributed by atoms with Gasteiger partial charge >= 0.3 is 0 Å². The monoisotopic (exact) mass is 444 g/mol. The molecule has 0 aliphatic heterocycles. The van der Waals surface area contributed by atoms with Crippen LogP contribution >= 0.6 is 0 Å². The van der Waals surface area contributed by atoms with Crippen molar-refractivity contribution < 1.29 is 21.9 Å². The van der Waals surface area contributed by atoms with Gasteiger partial charge in [0.1, 0.15) is 11.5 Å². The fourth-order valence-electron chi connectivity index (χ4n) is 3.49. The molecule has 3 rings (SSSR count). The predicted molar refractivity (Wildman–Crippen MR) is 131 cm³/mol. The lowest BCUT2D eigenvalue weighted by Crippen LogP contribution is -2.45. The molecule has 0 heterocycles. The highest BCUT2D eigenvalue weighted by Crippen LogP contribution is 2.19. The van der Waals surface area contributed by atoms with Crippen molar-refractivity contribution in [3.8, 4) is 11.5 Å². The third kappa shape index (κ3) is 9.00. The van der Waals surface area contributed by atoms with Gasteiger partial charge in [-0.2, -0.15) is 0 Å². The van der Waals surface area contributed by atoms with E-state index in [4.69, 9.17) is 9.47 Å². The first-order valence-electron chi connectivity index (χ1n) is 11.5. The lowest BCUT2D eigenvalue weighted by atomic mass is 9.91. The number of ether oxygens (including phenoxy) is 2. The second kappa shape index (κ2) is 13.4. The van der Waals surface area contributed by atoms with Crippen LogP contribution < -0.4 is 20.1 Å². The summed E-state index contributed by atoms with van der Waals surface area (Å²) in [4.78, 5) is 24.3. The molecular weight excluding hydrogens is 404 g/mol. The first-order chi connectivity index (χ1) is 15.5. The first-order valence-corrected chi connectivity index (χ1v) is 11.5. The van der Waals surface area contributed by atoms with Crippen LogP contribution in [0.2, 0.25) is 0 Å². The second-order valence-electron chi connectivity index (χ2n) is 7.89. The van der Waals surface area contributed by atoms with Crippen LogP contribution in [-0.2, 0) is 9.59 Å². The minimum atomic E-state index is -0.116. The largest absolute Gasteiger partial charge is 0.484 e. The Morgan fingerprint density at radius 3 is 1.34 bits per heavy atom. The van der Waals surface area contributed by atoms with Crippen molar-refractivity contribution in [2.75, 3.05) is 13.2 Å². The van der Waals surface area contributed by atoms with Gasteiger partial charge in [-0.25, -0.2) is 0 Å². The molecule has 0 aromatic heterocycles. The molecule has 6 nitrogen and oxygen atoms in total. The molecule has 178 valence electrons. The van der Waals surface area contributed by atoms with E-state index in [9.17, 15) is 9.59 Å². The summed E-state index contributed by atoms with van der Waals surface area (Å²) in [6, 6.07) is 15.5. The maximum atomic E-state index is 12.1. The molecule has 0 radical (unpaired) electrons. The Morgan fingerprint density at radius 1 is 0.719 bits per heavy atom. The number of hydrogen-bond acceptors (Lipinski definition) is 4. The number of amides is 2. The molecule has 6 heteroatoms. The Labute approximate surface area is 194 Å². The van der Waals surface area contributed by atoms with Gasteiger partial charge in [-0.05, 0) is 63.8 Å². The Hall–Kier alpha value is -3.02. The van der Waals surface area contributed by atoms with Crippen molar-refractivity contribution >= 4 is 11.8 Å². The van der Waals surface area contributed by atoms with Crippen LogP contribution in [0.25, 0.3) is 0 Å². The highest BCUT2D eigenvalue weighted by atomic mass is 16.5. The van der Waals surface area contributed by atoms with Crippen LogP contribution in [0.15, 0.2) is 48.5 Å². The van der Waals surface area contributed by atoms with Crippen molar-refractivity contribution in [2.24, 2.45) is 0 Å². The van der Waals surface area contributed by atoms with E-state index >= 15 is 0 Å². The van der Waals surface area contributed by atoms with E-state index in [1.54, 1.807) is 0 Å². The first kappa shape index (κ1) is 25.2. The molecule has 2 aromatic rings. The topological polar surface area (TPSA) is 76.7 Å². The summed E-state index contributed by atoms with van der Waals surface area (Å²) < 4.78 is 11.1. The van der Waals surface area contributed by atoms with Gasteiger partial charge in [0.2, 0.25) is 0 Å². The van der Waals surface area contributed by atoms with E-state index in [1.165, 1.54) is 0 Å². The average Bonchev–Trinajstić information content (AvgIpc) is 2.81. The van der Waals surface area contributed by atoms with Crippen LogP contribution in [-0.4, -0.2) is 37.1 Å². The van der Waals surface area contributed by atoms with Gasteiger partial charge in [0.15, 0.2) is 13.2 Å². The SMILES string of the molecule is CC.Cc1ccc(OCC(=O)NC2CCC(NC(=O)COc3ccc(C)cc3)CC2)cc1.[HH].[HH]. The molecule has 1 fully saturated rings. The third-order valence-electron chi connectivity index (χ3n) is 5.24. The minimum absolute atomic E-state index is 0. The Balaban J connectivity index is 0.00000265. The molecule has 1 aliphatic rings. The summed E-state index contributed by atoms with van der Waals surface area (Å²) in [6.45, 7) is 8.03. The van der Waals surface area contributed by atoms with Gasteiger partial charge in [-0.3, -0.25) is 9.59 Å². The van der Waals surface area contributed by atoms with Crippen LogP contribution in [0.5, 0.6) is 11.5 Å². The maximum absolute atomic E-state index is 12.1. The number of carbonyl (C=O) groups excluding carboxylic acids is 2. The van der Waals surface area contributed by atoms with Crippen molar-refractivity contribution in [2.45, 2.75) is 65.5 Å². The van der Waals surface area contributed by atoms with E-state index in [2.05, 4.69) is 10.6 Å². The minimum Gasteiger partial charge on any atom is -0.484 e. The highest BCUT2D eigenvalue weighted by Gasteiger charge is 2.23. The summed E-state index contributed by atoms with van der Waals surface area (Å²) in [5.41, 5.74) is 2.30. The number of benzene rings is 2. The molecule has 0 atom stereocenters. The normalized spacial score (nSPS) is 17.4. The molecular formula is C26H40N2O4. The number of aryl methyl sites for hydroxylation is 2. The predicted octanol–water partition coefficient (Wildman–Crippen LogP) is 4.82. The molecule has 0 spiro atoms. The van der Waals surface area contributed by atoms with Gasteiger partial charge < -0.3 is 20.1 Å². The molecule has 1 aliphatic carbocycles. The van der Waals surface area contributed by atoms with Crippen molar-refractivity contribution in [3.05, 3.63) is 59.7 Å². The van der Waals surface area contributed by atoms with E-state index in [0.717, 1.165) is 36.8 Å². The van der Waals surface area contributed by atoms with Crippen LogP contribution in [0, 0.1) is 13.8 Å². The molecule has 1 saturated carbocycles. The van der Waals surface area contributed by atoms with Crippen LogP contribution in [0.4, 0.5) is 0 Å². The average molecular weight is 445 g/mol. The molecule has 0 unspecified atom stereocenters. The van der Waals surface area contributed by atoms with E-state index in [1.807, 2.05) is 76.2 Å². The molecule has 2 N–H and O–H groups in total. The number of carbonyl (C=O) groups is 2. The smallest absolute Gasteiger partial charge is 0.258 e. The molecule has 0 bridgehead atoms.